The summed E-state index contributed by atoms with van der Waals surface area (Å²) >= 11 is 0. The van der Waals surface area contributed by atoms with E-state index in [0.29, 0.717) is 17.5 Å². The quantitative estimate of drug-likeness (QED) is 0.181. The van der Waals surface area contributed by atoms with Crippen LogP contribution in [0.4, 0.5) is 0 Å². The molecule has 0 spiro atoms. The largest absolute Gasteiger partial charge is 0.456 e. The number of para-hydroxylation sites is 4. The molecule has 11 aromatic rings. The molecule has 4 aromatic heterocycles. The summed E-state index contributed by atoms with van der Waals surface area (Å²) in [6, 6.07) is 58.1. The Morgan fingerprint density at radius 2 is 0.906 bits per heavy atom. The van der Waals surface area contributed by atoms with E-state index in [1.54, 1.807) is 0 Å². The number of hydrogen-bond donors (Lipinski definition) is 0. The molecule has 0 aliphatic heterocycles. The van der Waals surface area contributed by atoms with Gasteiger partial charge in [-0.15, -0.1) is 0 Å². The van der Waals surface area contributed by atoms with Crippen LogP contribution in [0.2, 0.25) is 0 Å². The van der Waals surface area contributed by atoms with Gasteiger partial charge < -0.3 is 4.42 Å². The number of imidazole rings is 2. The number of rotatable bonds is 5. The summed E-state index contributed by atoms with van der Waals surface area (Å²) in [5.74, 6) is 2.75. The highest BCUT2D eigenvalue weighted by Crippen LogP contribution is 2.36. The van der Waals surface area contributed by atoms with Gasteiger partial charge in [-0.3, -0.25) is 8.97 Å². The average molecular weight is 681 g/mol. The van der Waals surface area contributed by atoms with Gasteiger partial charge in [-0.05, 0) is 77.9 Å². The van der Waals surface area contributed by atoms with Crippen LogP contribution in [0, 0.1) is 0 Å². The lowest BCUT2D eigenvalue weighted by molar-refractivity contribution is 0.669. The highest BCUT2D eigenvalue weighted by molar-refractivity contribution is 6.07. The first-order valence-corrected chi connectivity index (χ1v) is 17.6. The van der Waals surface area contributed by atoms with E-state index in [9.17, 15) is 0 Å². The normalized spacial score (nSPS) is 11.8. The molecule has 0 bridgehead atoms. The third-order valence-corrected chi connectivity index (χ3v) is 9.97. The Balaban J connectivity index is 1.04. The van der Waals surface area contributed by atoms with E-state index in [2.05, 4.69) is 100.0 Å². The fraction of sp³-hybridized carbons (Fsp3) is 0. The van der Waals surface area contributed by atoms with Crippen LogP contribution in [-0.2, 0) is 0 Å². The molecule has 7 heteroatoms. The smallest absolute Gasteiger partial charge is 0.220 e. The molecular formula is C46H28N6O. The van der Waals surface area contributed by atoms with Crippen molar-refractivity contribution in [2.45, 2.75) is 0 Å². The predicted octanol–water partition coefficient (Wildman–Crippen LogP) is 11.2. The zero-order valence-corrected chi connectivity index (χ0v) is 28.3. The van der Waals surface area contributed by atoms with E-state index in [0.717, 1.165) is 83.3 Å². The molecule has 7 nitrogen and oxygen atoms in total. The Morgan fingerprint density at radius 1 is 0.377 bits per heavy atom. The molecule has 0 unspecified atom stereocenters. The van der Waals surface area contributed by atoms with Crippen molar-refractivity contribution in [1.29, 1.82) is 0 Å². The molecular weight excluding hydrogens is 653 g/mol. The molecule has 0 saturated carbocycles. The number of hydrogen-bond acceptors (Lipinski definition) is 5. The fourth-order valence-electron chi connectivity index (χ4n) is 7.46. The second-order valence-electron chi connectivity index (χ2n) is 13.2. The first kappa shape index (κ1) is 29.4. The van der Waals surface area contributed by atoms with Crippen LogP contribution in [0.15, 0.2) is 174 Å². The van der Waals surface area contributed by atoms with E-state index in [1.165, 1.54) is 0 Å². The van der Waals surface area contributed by atoms with E-state index in [4.69, 9.17) is 24.4 Å². The van der Waals surface area contributed by atoms with Gasteiger partial charge in [0.15, 0.2) is 17.5 Å². The molecule has 7 aromatic carbocycles. The van der Waals surface area contributed by atoms with Crippen LogP contribution < -0.4 is 0 Å². The average Bonchev–Trinajstić information content (AvgIpc) is 3.89. The highest BCUT2D eigenvalue weighted by atomic mass is 16.3. The second kappa shape index (κ2) is 11.6. The Labute approximate surface area is 303 Å². The number of benzene rings is 7. The number of aromatic nitrogens is 6. The maximum absolute atomic E-state index is 6.36. The summed E-state index contributed by atoms with van der Waals surface area (Å²) in [6.07, 6.45) is 0. The van der Waals surface area contributed by atoms with Gasteiger partial charge in [0.05, 0.1) is 22.1 Å². The van der Waals surface area contributed by atoms with Gasteiger partial charge in [0.25, 0.3) is 0 Å². The molecule has 53 heavy (non-hydrogen) atoms. The topological polar surface area (TPSA) is 74.0 Å². The minimum atomic E-state index is 0.606. The van der Waals surface area contributed by atoms with Crippen molar-refractivity contribution < 1.29 is 4.42 Å². The maximum Gasteiger partial charge on any atom is 0.220 e. The van der Waals surface area contributed by atoms with Crippen molar-refractivity contribution in [3.8, 4) is 51.0 Å². The van der Waals surface area contributed by atoms with Crippen LogP contribution in [-0.4, -0.2) is 28.9 Å². The van der Waals surface area contributed by atoms with Crippen molar-refractivity contribution >= 4 is 49.8 Å². The van der Waals surface area contributed by atoms with Gasteiger partial charge in [-0.1, -0.05) is 103 Å². The number of furan rings is 1. The van der Waals surface area contributed by atoms with Crippen LogP contribution in [0.5, 0.6) is 0 Å². The van der Waals surface area contributed by atoms with Gasteiger partial charge in [-0.2, -0.15) is 0 Å². The molecule has 0 fully saturated rings. The summed E-state index contributed by atoms with van der Waals surface area (Å²) in [5.41, 5.74) is 11.9. The first-order valence-electron chi connectivity index (χ1n) is 17.6. The summed E-state index contributed by atoms with van der Waals surface area (Å²) in [5, 5.41) is 2.03. The molecule has 0 saturated heterocycles. The van der Waals surface area contributed by atoms with E-state index in [-0.39, 0.29) is 0 Å². The van der Waals surface area contributed by atoms with Crippen molar-refractivity contribution in [2.75, 3.05) is 0 Å². The Hall–Kier alpha value is -7.38. The predicted molar refractivity (Wildman–Crippen MR) is 212 cm³/mol. The Kier molecular flexibility index (Phi) is 6.42. The molecule has 4 heterocycles. The zero-order valence-electron chi connectivity index (χ0n) is 28.3. The van der Waals surface area contributed by atoms with Crippen LogP contribution in [0.3, 0.4) is 0 Å². The Morgan fingerprint density at radius 3 is 1.60 bits per heavy atom. The molecule has 0 atom stereocenters. The Bertz CT molecular complexity index is 3120. The molecule has 0 amide bonds. The first-order chi connectivity index (χ1) is 26.2. The maximum atomic E-state index is 6.36. The van der Waals surface area contributed by atoms with Gasteiger partial charge in [0, 0.05) is 33.2 Å². The van der Waals surface area contributed by atoms with E-state index in [1.807, 2.05) is 78.9 Å². The third kappa shape index (κ3) is 4.75. The number of nitrogens with zero attached hydrogens (tertiary/aromatic N) is 6. The minimum Gasteiger partial charge on any atom is -0.456 e. The SMILES string of the molecule is c1ccc(-c2nc(-c3ccccc3)nc(-c3ccc4oc5ccc(-c6cccc(-n7c8ccccc8n8c9ccccc9nc78)c6)cc5c4c3)n2)cc1. The fourth-order valence-corrected chi connectivity index (χ4v) is 7.46. The summed E-state index contributed by atoms with van der Waals surface area (Å²) in [4.78, 5) is 19.9. The standard InChI is InChI=1S/C46H28N6O/c1-3-12-29(13-4-1)43-48-44(30-14-5-2-6-15-30)50-45(49-43)33-23-25-42-36(28-33)35-27-32(22-24-41(35)53-42)31-16-11-17-34(26-31)51-39-20-9-10-21-40(39)52-38-19-8-7-18-37(38)47-46(51)52/h1-28H. The monoisotopic (exact) mass is 680 g/mol. The molecule has 248 valence electrons. The second-order valence-corrected chi connectivity index (χ2v) is 13.2. The van der Waals surface area contributed by atoms with Crippen molar-refractivity contribution in [3.05, 3.63) is 170 Å². The molecule has 11 rings (SSSR count). The van der Waals surface area contributed by atoms with Crippen molar-refractivity contribution in [3.63, 3.8) is 0 Å². The van der Waals surface area contributed by atoms with Gasteiger partial charge in [0.2, 0.25) is 5.78 Å². The summed E-state index contributed by atoms with van der Waals surface area (Å²) < 4.78 is 10.9. The lowest BCUT2D eigenvalue weighted by atomic mass is 10.0. The van der Waals surface area contributed by atoms with E-state index >= 15 is 0 Å². The minimum absolute atomic E-state index is 0.606. The van der Waals surface area contributed by atoms with Crippen LogP contribution in [0.25, 0.3) is 101 Å². The third-order valence-electron chi connectivity index (χ3n) is 9.97. The van der Waals surface area contributed by atoms with Crippen molar-refractivity contribution in [2.24, 2.45) is 0 Å². The van der Waals surface area contributed by atoms with E-state index < -0.39 is 0 Å². The van der Waals surface area contributed by atoms with Crippen LogP contribution >= 0.6 is 0 Å². The summed E-state index contributed by atoms with van der Waals surface area (Å²) in [6.45, 7) is 0. The molecule has 0 aliphatic rings. The van der Waals surface area contributed by atoms with Gasteiger partial charge in [-0.25, -0.2) is 19.9 Å². The molecule has 0 aliphatic carbocycles. The summed E-state index contributed by atoms with van der Waals surface area (Å²) in [7, 11) is 0. The van der Waals surface area contributed by atoms with Crippen LogP contribution in [0.1, 0.15) is 0 Å². The number of fused-ring (bicyclic) bond motifs is 8. The van der Waals surface area contributed by atoms with Gasteiger partial charge >= 0.3 is 0 Å². The lowest BCUT2D eigenvalue weighted by Crippen LogP contribution is -2.00. The highest BCUT2D eigenvalue weighted by Gasteiger charge is 2.18. The zero-order chi connectivity index (χ0) is 34.9. The molecule has 0 N–H and O–H groups in total. The van der Waals surface area contributed by atoms with Gasteiger partial charge in [0.1, 0.15) is 11.2 Å². The lowest BCUT2D eigenvalue weighted by Gasteiger charge is -2.09. The molecule has 0 radical (unpaired) electrons. The van der Waals surface area contributed by atoms with Crippen molar-refractivity contribution in [1.82, 2.24) is 28.9 Å².